The number of amides is 2. The van der Waals surface area contributed by atoms with Crippen LogP contribution in [0.15, 0.2) is 48.5 Å². The van der Waals surface area contributed by atoms with Gasteiger partial charge in [0.1, 0.15) is 0 Å². The Balaban J connectivity index is 2.17. The van der Waals surface area contributed by atoms with E-state index in [9.17, 15) is 4.79 Å². The maximum Gasteiger partial charge on any atom is 0.326 e. The Bertz CT molecular complexity index is 673. The van der Waals surface area contributed by atoms with Crippen LogP contribution in [0.25, 0.3) is 0 Å². The van der Waals surface area contributed by atoms with Crippen molar-refractivity contribution in [2.75, 3.05) is 22.5 Å². The number of carbonyl (C=O) groups is 1. The number of urea groups is 1. The van der Waals surface area contributed by atoms with Crippen molar-refractivity contribution in [3.63, 3.8) is 0 Å². The van der Waals surface area contributed by atoms with E-state index in [4.69, 9.17) is 11.0 Å². The van der Waals surface area contributed by atoms with Crippen LogP contribution in [0.3, 0.4) is 0 Å². The van der Waals surface area contributed by atoms with E-state index < -0.39 is 0 Å². The van der Waals surface area contributed by atoms with E-state index in [-0.39, 0.29) is 6.03 Å². The van der Waals surface area contributed by atoms with Gasteiger partial charge in [0, 0.05) is 23.6 Å². The second-order valence-electron chi connectivity index (χ2n) is 4.46. The van der Waals surface area contributed by atoms with Crippen LogP contribution < -0.4 is 16.0 Å². The zero-order valence-corrected chi connectivity index (χ0v) is 11.7. The smallest absolute Gasteiger partial charge is 0.326 e. The standard InChI is InChI=1S/C16H16N4O/c1-2-20(15-8-6-13(18)7-9-15)16(21)19-14-5-3-4-12(10-14)11-17/h3-10H,2,18H2,1H3,(H,19,21). The van der Waals surface area contributed by atoms with Gasteiger partial charge < -0.3 is 11.1 Å². The van der Waals surface area contributed by atoms with Gasteiger partial charge >= 0.3 is 6.03 Å². The topological polar surface area (TPSA) is 82.2 Å². The van der Waals surface area contributed by atoms with Gasteiger partial charge in [-0.05, 0) is 49.4 Å². The number of hydrogen-bond acceptors (Lipinski definition) is 3. The number of carbonyl (C=O) groups excluding carboxylic acids is 1. The van der Waals surface area contributed by atoms with Gasteiger partial charge in [-0.15, -0.1) is 0 Å². The van der Waals surface area contributed by atoms with E-state index in [1.807, 2.05) is 13.0 Å². The van der Waals surface area contributed by atoms with E-state index in [2.05, 4.69) is 5.32 Å². The molecule has 0 radical (unpaired) electrons. The van der Waals surface area contributed by atoms with Crippen molar-refractivity contribution >= 4 is 23.1 Å². The van der Waals surface area contributed by atoms with Gasteiger partial charge in [0.2, 0.25) is 0 Å². The summed E-state index contributed by atoms with van der Waals surface area (Å²) in [6.45, 7) is 2.41. The van der Waals surface area contributed by atoms with Crippen LogP contribution in [0.1, 0.15) is 12.5 Å². The minimum Gasteiger partial charge on any atom is -0.399 e. The lowest BCUT2D eigenvalue weighted by molar-refractivity contribution is 0.257. The maximum atomic E-state index is 12.3. The van der Waals surface area contributed by atoms with E-state index in [1.165, 1.54) is 0 Å². The van der Waals surface area contributed by atoms with Gasteiger partial charge in [0.15, 0.2) is 0 Å². The van der Waals surface area contributed by atoms with Crippen molar-refractivity contribution in [1.82, 2.24) is 0 Å². The van der Waals surface area contributed by atoms with Crippen molar-refractivity contribution in [2.24, 2.45) is 0 Å². The third kappa shape index (κ3) is 3.51. The van der Waals surface area contributed by atoms with Crippen LogP contribution in [0.5, 0.6) is 0 Å². The van der Waals surface area contributed by atoms with Gasteiger partial charge in [0.25, 0.3) is 0 Å². The third-order valence-electron chi connectivity index (χ3n) is 3.01. The first-order chi connectivity index (χ1) is 10.1. The van der Waals surface area contributed by atoms with Crippen molar-refractivity contribution in [1.29, 1.82) is 5.26 Å². The Morgan fingerprint density at radius 2 is 2.00 bits per heavy atom. The first kappa shape index (κ1) is 14.4. The van der Waals surface area contributed by atoms with Crippen molar-refractivity contribution in [3.8, 4) is 6.07 Å². The Morgan fingerprint density at radius 3 is 2.62 bits per heavy atom. The molecule has 0 unspecified atom stereocenters. The molecule has 106 valence electrons. The fourth-order valence-electron chi connectivity index (χ4n) is 1.96. The van der Waals surface area contributed by atoms with E-state index in [0.717, 1.165) is 5.69 Å². The average Bonchev–Trinajstić information content (AvgIpc) is 2.50. The van der Waals surface area contributed by atoms with Crippen molar-refractivity contribution in [3.05, 3.63) is 54.1 Å². The molecule has 3 N–H and O–H groups in total. The second-order valence-corrected chi connectivity index (χ2v) is 4.46. The largest absolute Gasteiger partial charge is 0.399 e. The number of nitrogens with zero attached hydrogens (tertiary/aromatic N) is 2. The molecule has 5 nitrogen and oxygen atoms in total. The number of nitrogen functional groups attached to an aromatic ring is 1. The zero-order chi connectivity index (χ0) is 15.2. The molecule has 2 amide bonds. The molecule has 0 aliphatic rings. The summed E-state index contributed by atoms with van der Waals surface area (Å²) in [5, 5.41) is 11.7. The summed E-state index contributed by atoms with van der Waals surface area (Å²) in [5.41, 5.74) is 8.16. The van der Waals surface area contributed by atoms with Gasteiger partial charge in [-0.1, -0.05) is 6.07 Å². The number of hydrogen-bond donors (Lipinski definition) is 2. The molecule has 0 fully saturated rings. The van der Waals surface area contributed by atoms with E-state index in [0.29, 0.717) is 23.5 Å². The summed E-state index contributed by atoms with van der Waals surface area (Å²) in [6.07, 6.45) is 0. The molecule has 2 aromatic rings. The summed E-state index contributed by atoms with van der Waals surface area (Å²) in [4.78, 5) is 13.9. The Kier molecular flexibility index (Phi) is 4.42. The van der Waals surface area contributed by atoms with E-state index >= 15 is 0 Å². The molecule has 0 aliphatic carbocycles. The van der Waals surface area contributed by atoms with Gasteiger partial charge in [-0.3, -0.25) is 4.90 Å². The lowest BCUT2D eigenvalue weighted by Gasteiger charge is -2.21. The molecule has 2 rings (SSSR count). The van der Waals surface area contributed by atoms with Crippen LogP contribution in [-0.4, -0.2) is 12.6 Å². The van der Waals surface area contributed by atoms with Crippen LogP contribution >= 0.6 is 0 Å². The Hall–Kier alpha value is -3.00. The number of rotatable bonds is 3. The molecule has 0 spiro atoms. The zero-order valence-electron chi connectivity index (χ0n) is 11.7. The van der Waals surface area contributed by atoms with Crippen LogP contribution in [0, 0.1) is 11.3 Å². The fourth-order valence-corrected chi connectivity index (χ4v) is 1.96. The van der Waals surface area contributed by atoms with Crippen molar-refractivity contribution < 1.29 is 4.79 Å². The molecule has 5 heteroatoms. The molecule has 0 saturated carbocycles. The third-order valence-corrected chi connectivity index (χ3v) is 3.01. The van der Waals surface area contributed by atoms with Gasteiger partial charge in [-0.25, -0.2) is 4.79 Å². The minimum atomic E-state index is -0.252. The monoisotopic (exact) mass is 280 g/mol. The van der Waals surface area contributed by atoms with Crippen LogP contribution in [0.4, 0.5) is 21.9 Å². The summed E-state index contributed by atoms with van der Waals surface area (Å²) < 4.78 is 0. The molecular weight excluding hydrogens is 264 g/mol. The maximum absolute atomic E-state index is 12.3. The molecule has 2 aromatic carbocycles. The number of benzene rings is 2. The first-order valence-electron chi connectivity index (χ1n) is 6.58. The van der Waals surface area contributed by atoms with E-state index in [1.54, 1.807) is 53.4 Å². The SMILES string of the molecule is CCN(C(=O)Nc1cccc(C#N)c1)c1ccc(N)cc1. The molecular formula is C16H16N4O. The summed E-state index contributed by atoms with van der Waals surface area (Å²) in [5.74, 6) is 0. The second kappa shape index (κ2) is 6.44. The Labute approximate surface area is 123 Å². The molecule has 21 heavy (non-hydrogen) atoms. The highest BCUT2D eigenvalue weighted by molar-refractivity contribution is 6.01. The highest BCUT2D eigenvalue weighted by Gasteiger charge is 2.13. The highest BCUT2D eigenvalue weighted by atomic mass is 16.2. The average molecular weight is 280 g/mol. The Morgan fingerprint density at radius 1 is 1.29 bits per heavy atom. The number of nitrogens with one attached hydrogen (secondary N) is 1. The normalized spacial score (nSPS) is 9.71. The molecule has 0 aromatic heterocycles. The summed E-state index contributed by atoms with van der Waals surface area (Å²) in [7, 11) is 0. The number of anilines is 3. The minimum absolute atomic E-state index is 0.252. The number of nitriles is 1. The van der Waals surface area contributed by atoms with Crippen LogP contribution in [-0.2, 0) is 0 Å². The molecule has 0 bridgehead atoms. The van der Waals surface area contributed by atoms with Crippen LogP contribution in [0.2, 0.25) is 0 Å². The van der Waals surface area contributed by atoms with Crippen molar-refractivity contribution in [2.45, 2.75) is 6.92 Å². The fraction of sp³-hybridized carbons (Fsp3) is 0.125. The number of nitrogens with two attached hydrogens (primary N) is 1. The van der Waals surface area contributed by atoms with Gasteiger partial charge in [-0.2, -0.15) is 5.26 Å². The van der Waals surface area contributed by atoms with Gasteiger partial charge in [0.05, 0.1) is 11.6 Å². The first-order valence-corrected chi connectivity index (χ1v) is 6.58. The summed E-state index contributed by atoms with van der Waals surface area (Å²) >= 11 is 0. The lowest BCUT2D eigenvalue weighted by Crippen LogP contribution is -2.34. The molecule has 0 heterocycles. The molecule has 0 aliphatic heterocycles. The highest BCUT2D eigenvalue weighted by Crippen LogP contribution is 2.18. The summed E-state index contributed by atoms with van der Waals surface area (Å²) in [6, 6.07) is 15.7. The molecule has 0 saturated heterocycles. The quantitative estimate of drug-likeness (QED) is 0.847. The predicted octanol–water partition coefficient (Wildman–Crippen LogP) is 3.20. The molecule has 0 atom stereocenters. The predicted molar refractivity (Wildman–Crippen MR) is 84.1 cm³/mol. The lowest BCUT2D eigenvalue weighted by atomic mass is 10.2.